The summed E-state index contributed by atoms with van der Waals surface area (Å²) < 4.78 is 0. The molecule has 1 atom stereocenters. The summed E-state index contributed by atoms with van der Waals surface area (Å²) in [6.45, 7) is 21.8. The van der Waals surface area contributed by atoms with Crippen LogP contribution in [0.4, 0.5) is 0 Å². The van der Waals surface area contributed by atoms with Crippen LogP contribution in [-0.2, 0) is 0 Å². The highest BCUT2D eigenvalue weighted by molar-refractivity contribution is 5.62. The molecule has 176 valence electrons. The molecule has 1 aliphatic heterocycles. The van der Waals surface area contributed by atoms with Crippen LogP contribution in [0.1, 0.15) is 53.9 Å². The largest absolute Gasteiger partial charge is 0.399 e. The molecule has 1 heterocycles. The number of hydrogen-bond donors (Lipinski definition) is 3. The summed E-state index contributed by atoms with van der Waals surface area (Å²) in [6, 6.07) is 0. The van der Waals surface area contributed by atoms with Gasteiger partial charge in [-0.15, -0.1) is 0 Å². The fraction of sp³-hybridized carbons (Fsp3) is 0.357. The van der Waals surface area contributed by atoms with Gasteiger partial charge in [0.2, 0.25) is 0 Å². The van der Waals surface area contributed by atoms with E-state index in [1.165, 1.54) is 17.2 Å². The van der Waals surface area contributed by atoms with Gasteiger partial charge in [0, 0.05) is 30.2 Å². The normalized spacial score (nSPS) is 21.7. The van der Waals surface area contributed by atoms with Gasteiger partial charge in [0.05, 0.1) is 6.17 Å². The summed E-state index contributed by atoms with van der Waals surface area (Å²) in [7, 11) is 1.90. The van der Waals surface area contributed by atoms with Gasteiger partial charge in [-0.2, -0.15) is 0 Å². The van der Waals surface area contributed by atoms with Gasteiger partial charge in [0.25, 0.3) is 0 Å². The van der Waals surface area contributed by atoms with Crippen molar-refractivity contribution in [2.24, 2.45) is 11.5 Å². The number of hydrogen-bond acceptors (Lipinski definition) is 4. The van der Waals surface area contributed by atoms with Crippen LogP contribution >= 0.6 is 0 Å². The lowest BCUT2D eigenvalue weighted by Gasteiger charge is -2.31. The highest BCUT2D eigenvalue weighted by Crippen LogP contribution is 2.34. The molecule has 32 heavy (non-hydrogen) atoms. The molecule has 1 unspecified atom stereocenters. The molecular formula is C28H44N4. The van der Waals surface area contributed by atoms with E-state index in [1.807, 2.05) is 26.2 Å². The molecule has 0 fully saturated rings. The molecule has 1 aliphatic rings. The molecule has 0 aromatic heterocycles. The lowest BCUT2D eigenvalue weighted by atomic mass is 9.87. The Morgan fingerprint density at radius 1 is 1.28 bits per heavy atom. The summed E-state index contributed by atoms with van der Waals surface area (Å²) >= 11 is 0. The van der Waals surface area contributed by atoms with Gasteiger partial charge in [-0.05, 0) is 80.3 Å². The van der Waals surface area contributed by atoms with E-state index in [9.17, 15) is 0 Å². The molecule has 0 saturated heterocycles. The first-order chi connectivity index (χ1) is 15.2. The van der Waals surface area contributed by atoms with Crippen LogP contribution in [0.25, 0.3) is 0 Å². The average Bonchev–Trinajstić information content (AvgIpc) is 2.75. The van der Waals surface area contributed by atoms with Crippen LogP contribution < -0.4 is 16.8 Å². The maximum absolute atomic E-state index is 6.29. The fourth-order valence-corrected chi connectivity index (χ4v) is 3.22. The zero-order chi connectivity index (χ0) is 24.7. The quantitative estimate of drug-likeness (QED) is 0.369. The van der Waals surface area contributed by atoms with E-state index >= 15 is 0 Å². The Hall–Kier alpha value is -2.98. The molecule has 4 nitrogen and oxygen atoms in total. The van der Waals surface area contributed by atoms with Crippen molar-refractivity contribution in [3.8, 4) is 0 Å². The molecule has 0 amide bonds. The Morgan fingerprint density at radius 2 is 1.91 bits per heavy atom. The molecular weight excluding hydrogens is 392 g/mol. The maximum Gasteiger partial charge on any atom is 0.0782 e. The van der Waals surface area contributed by atoms with Crippen molar-refractivity contribution in [2.75, 3.05) is 7.05 Å². The van der Waals surface area contributed by atoms with E-state index in [2.05, 4.69) is 88.2 Å². The highest BCUT2D eigenvalue weighted by Gasteiger charge is 2.20. The first-order valence-corrected chi connectivity index (χ1v) is 11.3. The van der Waals surface area contributed by atoms with Crippen LogP contribution in [0.3, 0.4) is 0 Å². The molecule has 0 radical (unpaired) electrons. The van der Waals surface area contributed by atoms with E-state index in [0.29, 0.717) is 5.70 Å². The monoisotopic (exact) mass is 436 g/mol. The van der Waals surface area contributed by atoms with E-state index < -0.39 is 0 Å². The first-order valence-electron chi connectivity index (χ1n) is 11.3. The minimum absolute atomic E-state index is 0.116. The summed E-state index contributed by atoms with van der Waals surface area (Å²) in [5.41, 5.74) is 18.8. The zero-order valence-electron chi connectivity index (χ0n) is 21.0. The third-order valence-electron chi connectivity index (χ3n) is 5.00. The van der Waals surface area contributed by atoms with Crippen molar-refractivity contribution in [1.29, 1.82) is 0 Å². The van der Waals surface area contributed by atoms with E-state index in [1.54, 1.807) is 0 Å². The van der Waals surface area contributed by atoms with Crippen molar-refractivity contribution in [3.63, 3.8) is 0 Å². The van der Waals surface area contributed by atoms with Gasteiger partial charge < -0.3 is 21.7 Å². The topological polar surface area (TPSA) is 67.3 Å². The fourth-order valence-electron chi connectivity index (χ4n) is 3.22. The maximum atomic E-state index is 6.29. The van der Waals surface area contributed by atoms with Crippen molar-refractivity contribution in [2.45, 2.75) is 60.0 Å². The van der Waals surface area contributed by atoms with Crippen LogP contribution in [-0.4, -0.2) is 18.1 Å². The number of allylic oxidation sites excluding steroid dienone is 12. The molecule has 0 aromatic carbocycles. The zero-order valence-corrected chi connectivity index (χ0v) is 21.0. The molecule has 0 spiro atoms. The highest BCUT2D eigenvalue weighted by atomic mass is 15.2. The third-order valence-corrected chi connectivity index (χ3v) is 5.00. The van der Waals surface area contributed by atoms with Gasteiger partial charge >= 0.3 is 0 Å². The van der Waals surface area contributed by atoms with Crippen molar-refractivity contribution in [3.05, 3.63) is 108 Å². The van der Waals surface area contributed by atoms with Crippen molar-refractivity contribution in [1.82, 2.24) is 10.2 Å². The summed E-state index contributed by atoms with van der Waals surface area (Å²) in [5, 5.41) is 3.05. The first kappa shape index (κ1) is 29.0. The SMILES string of the molecule is C=C1/C(C)=C(CCC)\C=C/N(C(C)N)/C(C)=C1/C(/C=C\CC)=C/C=C\NC.C=CC(=C)N. The lowest BCUT2D eigenvalue weighted by molar-refractivity contribution is 0.367. The molecule has 0 aliphatic carbocycles. The van der Waals surface area contributed by atoms with Crippen LogP contribution in [0.5, 0.6) is 0 Å². The van der Waals surface area contributed by atoms with Gasteiger partial charge in [-0.3, -0.25) is 0 Å². The lowest BCUT2D eigenvalue weighted by Crippen LogP contribution is -2.35. The van der Waals surface area contributed by atoms with E-state index in [4.69, 9.17) is 11.5 Å². The second-order valence-corrected chi connectivity index (χ2v) is 7.66. The predicted octanol–water partition coefficient (Wildman–Crippen LogP) is 6.34. The molecule has 0 saturated carbocycles. The standard InChI is InChI=1S/C24H37N3.C4H7N/c1-8-10-13-23(14-11-16-26-7)24-19(4)18(3)22(12-9-2)15-17-27(20(24)5)21(6)25;1-3-4(2)5/h10-11,13-17,21,26H,4,8-9,12,25H2,1-3,5-7H3;3H,1-2,5H2/b13-10-,16-11-,17-15-,22-18-,23-14+,24-20+;. The predicted molar refractivity (Wildman–Crippen MR) is 143 cm³/mol. The summed E-state index contributed by atoms with van der Waals surface area (Å²) in [5.74, 6) is 0. The Balaban J connectivity index is 0.00000172. The second kappa shape index (κ2) is 15.8. The van der Waals surface area contributed by atoms with Crippen LogP contribution in [0, 0.1) is 0 Å². The number of rotatable bonds is 9. The average molecular weight is 437 g/mol. The minimum Gasteiger partial charge on any atom is -0.399 e. The molecule has 4 heteroatoms. The second-order valence-electron chi connectivity index (χ2n) is 7.66. The molecule has 0 aromatic rings. The number of nitrogens with two attached hydrogens (primary N) is 2. The van der Waals surface area contributed by atoms with Crippen molar-refractivity contribution < 1.29 is 0 Å². The van der Waals surface area contributed by atoms with E-state index in [0.717, 1.165) is 41.7 Å². The minimum atomic E-state index is -0.116. The number of nitrogens with zero attached hydrogens (tertiary/aromatic N) is 1. The number of nitrogens with one attached hydrogen (secondary N) is 1. The van der Waals surface area contributed by atoms with Gasteiger partial charge in [-0.1, -0.05) is 58.2 Å². The van der Waals surface area contributed by atoms with Crippen molar-refractivity contribution >= 4 is 0 Å². The van der Waals surface area contributed by atoms with E-state index in [-0.39, 0.29) is 6.17 Å². The Morgan fingerprint density at radius 3 is 2.38 bits per heavy atom. The molecule has 5 N–H and O–H groups in total. The van der Waals surface area contributed by atoms with Gasteiger partial charge in [-0.25, -0.2) is 0 Å². The van der Waals surface area contributed by atoms with Gasteiger partial charge in [0.15, 0.2) is 0 Å². The Bertz CT molecular complexity index is 829. The Kier molecular flexibility index (Phi) is 14.3. The Labute approximate surface area is 196 Å². The summed E-state index contributed by atoms with van der Waals surface area (Å²) in [6.07, 6.45) is 19.3. The molecule has 0 bridgehead atoms. The van der Waals surface area contributed by atoms with Gasteiger partial charge in [0.1, 0.15) is 0 Å². The third kappa shape index (κ3) is 9.44. The van der Waals surface area contributed by atoms with Crippen LogP contribution in [0.15, 0.2) is 108 Å². The smallest absolute Gasteiger partial charge is 0.0782 e. The summed E-state index contributed by atoms with van der Waals surface area (Å²) in [4.78, 5) is 2.14. The molecule has 1 rings (SSSR count). The van der Waals surface area contributed by atoms with Crippen LogP contribution in [0.2, 0.25) is 0 Å².